The largest absolute Gasteiger partial charge is 0.433 e. The Kier molecular flexibility index (Phi) is 6.84. The number of aliphatic hydroxyl groups is 1. The van der Waals surface area contributed by atoms with Gasteiger partial charge in [0.25, 0.3) is 5.91 Å². The molecule has 1 aliphatic rings. The van der Waals surface area contributed by atoms with E-state index in [2.05, 4.69) is 41.0 Å². The van der Waals surface area contributed by atoms with Gasteiger partial charge in [0.2, 0.25) is 5.95 Å². The first-order chi connectivity index (χ1) is 18.1. The van der Waals surface area contributed by atoms with Gasteiger partial charge in [0.05, 0.1) is 11.1 Å². The second-order valence-corrected chi connectivity index (χ2v) is 10.2. The van der Waals surface area contributed by atoms with Gasteiger partial charge < -0.3 is 15.7 Å². The summed E-state index contributed by atoms with van der Waals surface area (Å²) >= 11 is 1.36. The van der Waals surface area contributed by atoms with Crippen molar-refractivity contribution in [1.29, 1.82) is 0 Å². The first-order valence-electron chi connectivity index (χ1n) is 11.7. The quantitative estimate of drug-likeness (QED) is 0.281. The summed E-state index contributed by atoms with van der Waals surface area (Å²) < 4.78 is 39.0. The Morgan fingerprint density at radius 3 is 2.71 bits per heavy atom. The second kappa shape index (κ2) is 10.1. The topological polar surface area (TPSA) is 142 Å². The summed E-state index contributed by atoms with van der Waals surface area (Å²) in [6.45, 7) is 1.87. The number of hydrogen-bond acceptors (Lipinski definition) is 9. The van der Waals surface area contributed by atoms with Gasteiger partial charge in [-0.1, -0.05) is 11.3 Å². The molecule has 1 aromatic carbocycles. The smallest absolute Gasteiger partial charge is 0.383 e. The normalized spacial score (nSPS) is 19.8. The molecule has 0 atom stereocenters. The summed E-state index contributed by atoms with van der Waals surface area (Å²) in [6, 6.07) is 6.19. The molecule has 38 heavy (non-hydrogen) atoms. The molecule has 1 saturated carbocycles. The van der Waals surface area contributed by atoms with Gasteiger partial charge in [0.1, 0.15) is 16.3 Å². The average Bonchev–Trinajstić information content (AvgIpc) is 3.58. The molecule has 10 nitrogen and oxygen atoms in total. The Morgan fingerprint density at radius 1 is 1.21 bits per heavy atom. The number of halogens is 3. The van der Waals surface area contributed by atoms with Crippen LogP contribution in [0.5, 0.6) is 0 Å². The number of anilines is 2. The van der Waals surface area contributed by atoms with Crippen LogP contribution >= 0.6 is 11.3 Å². The molecule has 0 unspecified atom stereocenters. The molecule has 5 rings (SSSR count). The maximum absolute atomic E-state index is 13.0. The van der Waals surface area contributed by atoms with Crippen molar-refractivity contribution in [2.75, 3.05) is 5.32 Å². The summed E-state index contributed by atoms with van der Waals surface area (Å²) in [5.41, 5.74) is 0.248. The predicted molar refractivity (Wildman–Crippen MR) is 133 cm³/mol. The fraction of sp³-hybridized carbons (Fsp3) is 0.333. The fourth-order valence-corrected chi connectivity index (χ4v) is 5.40. The minimum absolute atomic E-state index is 0.0950. The van der Waals surface area contributed by atoms with Crippen molar-refractivity contribution in [3.63, 3.8) is 0 Å². The monoisotopic (exact) mass is 544 g/mol. The highest BCUT2D eigenvalue weighted by Gasteiger charge is 2.38. The molecule has 1 fully saturated rings. The van der Waals surface area contributed by atoms with Crippen molar-refractivity contribution < 1.29 is 23.1 Å². The zero-order valence-corrected chi connectivity index (χ0v) is 20.9. The van der Waals surface area contributed by atoms with E-state index in [4.69, 9.17) is 0 Å². The van der Waals surface area contributed by atoms with Gasteiger partial charge in [0.15, 0.2) is 5.69 Å². The summed E-state index contributed by atoms with van der Waals surface area (Å²) in [4.78, 5) is 25.0. The molecule has 0 bridgehead atoms. The highest BCUT2D eigenvalue weighted by Crippen LogP contribution is 2.41. The first-order valence-corrected chi connectivity index (χ1v) is 12.6. The maximum Gasteiger partial charge on any atom is 0.433 e. The van der Waals surface area contributed by atoms with Crippen molar-refractivity contribution in [1.82, 2.24) is 35.7 Å². The molecule has 14 heteroatoms. The molecule has 1 amide bonds. The lowest BCUT2D eigenvalue weighted by atomic mass is 9.82. The van der Waals surface area contributed by atoms with Crippen LogP contribution in [-0.2, 0) is 11.8 Å². The lowest BCUT2D eigenvalue weighted by molar-refractivity contribution is -0.141. The molecule has 0 spiro atoms. The number of H-pyrrole nitrogens is 1. The molecule has 198 valence electrons. The lowest BCUT2D eigenvalue weighted by Gasteiger charge is -2.34. The molecular formula is C24H23F3N8O2S. The van der Waals surface area contributed by atoms with E-state index < -0.39 is 17.5 Å². The number of thiazole rings is 1. The predicted octanol–water partition coefficient (Wildman–Crippen LogP) is 4.35. The van der Waals surface area contributed by atoms with Crippen molar-refractivity contribution in [2.24, 2.45) is 0 Å². The van der Waals surface area contributed by atoms with Crippen LogP contribution in [0.1, 0.15) is 52.4 Å². The van der Waals surface area contributed by atoms with Crippen molar-refractivity contribution in [2.45, 2.75) is 50.4 Å². The number of carbonyl (C=O) groups excluding carboxylic acids is 1. The van der Waals surface area contributed by atoms with Gasteiger partial charge in [-0.15, -0.1) is 16.4 Å². The molecule has 3 heterocycles. The second-order valence-electron chi connectivity index (χ2n) is 9.14. The van der Waals surface area contributed by atoms with Crippen molar-refractivity contribution in [3.05, 3.63) is 64.8 Å². The zero-order chi connectivity index (χ0) is 26.9. The molecule has 1 aliphatic carbocycles. The molecule has 4 aromatic rings. The number of rotatable bonds is 6. The van der Waals surface area contributed by atoms with Crippen LogP contribution < -0.4 is 10.6 Å². The van der Waals surface area contributed by atoms with Crippen LogP contribution in [0.2, 0.25) is 0 Å². The Labute approximate surface area is 218 Å². The first kappa shape index (κ1) is 25.7. The van der Waals surface area contributed by atoms with Crippen LogP contribution in [0.15, 0.2) is 42.9 Å². The number of nitrogens with one attached hydrogen (secondary N) is 3. The van der Waals surface area contributed by atoms with E-state index in [9.17, 15) is 23.1 Å². The molecule has 0 aliphatic heterocycles. The van der Waals surface area contributed by atoms with E-state index in [1.54, 1.807) is 18.3 Å². The molecule has 3 aromatic heterocycles. The Bertz CT molecular complexity index is 1430. The van der Waals surface area contributed by atoms with Crippen LogP contribution in [0.3, 0.4) is 0 Å². The van der Waals surface area contributed by atoms with Crippen LogP contribution in [0.25, 0.3) is 10.4 Å². The number of alkyl halides is 3. The van der Waals surface area contributed by atoms with Gasteiger partial charge in [0, 0.05) is 24.1 Å². The third-order valence-electron chi connectivity index (χ3n) is 6.27. The van der Waals surface area contributed by atoms with E-state index in [1.165, 1.54) is 17.5 Å². The number of carbonyl (C=O) groups is 1. The van der Waals surface area contributed by atoms with Gasteiger partial charge in [-0.3, -0.25) is 9.89 Å². The van der Waals surface area contributed by atoms with Crippen molar-refractivity contribution in [3.8, 4) is 10.4 Å². The van der Waals surface area contributed by atoms with Crippen LogP contribution in [0.4, 0.5) is 24.8 Å². The van der Waals surface area contributed by atoms with E-state index in [1.807, 2.05) is 13.0 Å². The maximum atomic E-state index is 13.0. The Hall–Kier alpha value is -3.91. The molecule has 4 N–H and O–H groups in total. The van der Waals surface area contributed by atoms with Crippen LogP contribution in [-0.4, -0.2) is 47.4 Å². The number of aryl methyl sites for hydroxylation is 1. The minimum atomic E-state index is -4.57. The Morgan fingerprint density at radius 2 is 2.00 bits per heavy atom. The fourth-order valence-electron chi connectivity index (χ4n) is 4.35. The average molecular weight is 545 g/mol. The number of aromatic nitrogens is 6. The standard InChI is InChI=1S/C24H23F3N8O2S/c1-13-8-14(10-16(9-13)32-22-28-7-4-19(33-22)24(25,26)27)18-12-29-21(38-18)23(37)5-2-15(3-6-23)31-20(36)17-11-30-35-34-17/h4,7-12,15,37H,2-3,5-6H2,1H3,(H,31,36)(H,28,32,33)(H,30,34,35)/t15-,23-. The third-order valence-corrected chi connectivity index (χ3v) is 7.50. The highest BCUT2D eigenvalue weighted by molar-refractivity contribution is 7.15. The van der Waals surface area contributed by atoms with Gasteiger partial charge >= 0.3 is 6.18 Å². The molecule has 0 radical (unpaired) electrons. The SMILES string of the molecule is Cc1cc(Nc2nccc(C(F)(F)F)n2)cc(-c2cnc([C@]3(O)CC[C@H](NC(=O)c4c[nH]nn4)CC3)s2)c1. The minimum Gasteiger partial charge on any atom is -0.383 e. The number of amides is 1. The summed E-state index contributed by atoms with van der Waals surface area (Å²) in [5, 5.41) is 27.4. The van der Waals surface area contributed by atoms with Gasteiger partial charge in [-0.2, -0.15) is 13.2 Å². The number of hydrogen-bond donors (Lipinski definition) is 4. The van der Waals surface area contributed by atoms with E-state index >= 15 is 0 Å². The van der Waals surface area contributed by atoms with Crippen molar-refractivity contribution >= 4 is 28.9 Å². The van der Waals surface area contributed by atoms with E-state index in [0.717, 1.165) is 28.3 Å². The van der Waals surface area contributed by atoms with E-state index in [0.29, 0.717) is 36.4 Å². The van der Waals surface area contributed by atoms with E-state index in [-0.39, 0.29) is 23.6 Å². The zero-order valence-electron chi connectivity index (χ0n) is 20.1. The summed E-state index contributed by atoms with van der Waals surface area (Å²) in [7, 11) is 0. The molecule has 0 saturated heterocycles. The Balaban J connectivity index is 1.28. The number of nitrogens with zero attached hydrogens (tertiary/aromatic N) is 5. The summed E-state index contributed by atoms with van der Waals surface area (Å²) in [5.74, 6) is -0.479. The lowest BCUT2D eigenvalue weighted by Crippen LogP contribution is -2.42. The van der Waals surface area contributed by atoms with Gasteiger partial charge in [-0.05, 0) is 61.9 Å². The van der Waals surface area contributed by atoms with Gasteiger partial charge in [-0.25, -0.2) is 15.0 Å². The van der Waals surface area contributed by atoms with Crippen LogP contribution in [0, 0.1) is 6.92 Å². The number of aromatic amines is 1. The third kappa shape index (κ3) is 5.65. The summed E-state index contributed by atoms with van der Waals surface area (Å²) in [6.07, 6.45) is 1.58. The number of benzene rings is 1. The highest BCUT2D eigenvalue weighted by atomic mass is 32.1. The molecular weight excluding hydrogens is 521 g/mol.